The van der Waals surface area contributed by atoms with Gasteiger partial charge in [-0.2, -0.15) is 0 Å². The summed E-state index contributed by atoms with van der Waals surface area (Å²) in [6.07, 6.45) is 1.82. The van der Waals surface area contributed by atoms with E-state index >= 15 is 0 Å². The maximum atomic E-state index is 5.89. The molecule has 0 radical (unpaired) electrons. The lowest BCUT2D eigenvalue weighted by Crippen LogP contribution is -2.38. The number of nitrogens with zero attached hydrogens (tertiary/aromatic N) is 3. The molecule has 24 heavy (non-hydrogen) atoms. The Hall–Kier alpha value is -2.57. The number of morpholine rings is 1. The summed E-state index contributed by atoms with van der Waals surface area (Å²) in [6, 6.07) is 13.7. The fraction of sp³-hybridized carbons (Fsp3) is 0.278. The van der Waals surface area contributed by atoms with Gasteiger partial charge in [0, 0.05) is 30.5 Å². The van der Waals surface area contributed by atoms with Crippen molar-refractivity contribution in [1.82, 2.24) is 14.5 Å². The highest BCUT2D eigenvalue weighted by Gasteiger charge is 2.11. The van der Waals surface area contributed by atoms with Gasteiger partial charge in [-0.15, -0.1) is 0 Å². The molecule has 4 rings (SSSR count). The molecule has 0 bridgehead atoms. The number of ether oxygens (including phenoxy) is 2. The van der Waals surface area contributed by atoms with Gasteiger partial charge in [-0.25, -0.2) is 4.98 Å². The van der Waals surface area contributed by atoms with Crippen molar-refractivity contribution >= 4 is 16.7 Å². The smallest absolute Gasteiger partial charge is 0.142 e. The van der Waals surface area contributed by atoms with Crippen LogP contribution >= 0.6 is 0 Å². The standard InChI is InChI=1S/C18H20N4O2/c19-14-1-3-15(4-2-14)22-12-20-17-11-16(5-6-18(17)22)24-13-21-7-9-23-10-8-21/h1-6,11-12H,7-10,13,19H2. The molecule has 6 heteroatoms. The van der Waals surface area contributed by atoms with Crippen molar-refractivity contribution in [3.05, 3.63) is 48.8 Å². The molecule has 0 atom stereocenters. The first-order chi connectivity index (χ1) is 11.8. The molecule has 2 heterocycles. The fourth-order valence-electron chi connectivity index (χ4n) is 2.82. The van der Waals surface area contributed by atoms with Crippen molar-refractivity contribution in [1.29, 1.82) is 0 Å². The van der Waals surface area contributed by atoms with E-state index in [-0.39, 0.29) is 0 Å². The molecule has 0 unspecified atom stereocenters. The van der Waals surface area contributed by atoms with Crippen LogP contribution in [0.25, 0.3) is 16.7 Å². The number of nitrogen functional groups attached to an aromatic ring is 1. The van der Waals surface area contributed by atoms with Crippen LogP contribution < -0.4 is 10.5 Å². The largest absolute Gasteiger partial charge is 0.478 e. The van der Waals surface area contributed by atoms with Gasteiger partial charge in [-0.05, 0) is 36.4 Å². The van der Waals surface area contributed by atoms with Crippen molar-refractivity contribution in [2.75, 3.05) is 38.8 Å². The van der Waals surface area contributed by atoms with Crippen molar-refractivity contribution in [3.63, 3.8) is 0 Å². The molecule has 6 nitrogen and oxygen atoms in total. The summed E-state index contributed by atoms with van der Waals surface area (Å²) in [6.45, 7) is 3.94. The van der Waals surface area contributed by atoms with E-state index in [1.807, 2.05) is 53.4 Å². The first kappa shape index (κ1) is 15.0. The molecular weight excluding hydrogens is 304 g/mol. The Labute approximate surface area is 140 Å². The van der Waals surface area contributed by atoms with E-state index in [0.717, 1.165) is 54.5 Å². The van der Waals surface area contributed by atoms with Gasteiger partial charge < -0.3 is 15.2 Å². The topological polar surface area (TPSA) is 65.5 Å². The van der Waals surface area contributed by atoms with Gasteiger partial charge in [0.05, 0.1) is 24.2 Å². The lowest BCUT2D eigenvalue weighted by Gasteiger charge is -2.26. The average molecular weight is 324 g/mol. The molecule has 2 N–H and O–H groups in total. The molecule has 1 fully saturated rings. The monoisotopic (exact) mass is 324 g/mol. The van der Waals surface area contributed by atoms with Gasteiger partial charge in [0.2, 0.25) is 0 Å². The Bertz CT molecular complexity index is 823. The first-order valence-corrected chi connectivity index (χ1v) is 8.05. The van der Waals surface area contributed by atoms with E-state index in [1.165, 1.54) is 0 Å². The summed E-state index contributed by atoms with van der Waals surface area (Å²) in [5, 5.41) is 0. The van der Waals surface area contributed by atoms with Gasteiger partial charge >= 0.3 is 0 Å². The fourth-order valence-corrected chi connectivity index (χ4v) is 2.82. The van der Waals surface area contributed by atoms with Gasteiger partial charge in [-0.1, -0.05) is 0 Å². The highest BCUT2D eigenvalue weighted by atomic mass is 16.5. The van der Waals surface area contributed by atoms with Crippen molar-refractivity contribution in [2.45, 2.75) is 0 Å². The Kier molecular flexibility index (Phi) is 4.06. The number of aromatic nitrogens is 2. The average Bonchev–Trinajstić information content (AvgIpc) is 3.05. The normalized spacial score (nSPS) is 15.7. The van der Waals surface area contributed by atoms with Crippen molar-refractivity contribution < 1.29 is 9.47 Å². The first-order valence-electron chi connectivity index (χ1n) is 8.05. The quantitative estimate of drug-likeness (QED) is 0.746. The van der Waals surface area contributed by atoms with Gasteiger partial charge in [0.15, 0.2) is 0 Å². The van der Waals surface area contributed by atoms with Crippen LogP contribution in [0.3, 0.4) is 0 Å². The Morgan fingerprint density at radius 3 is 2.67 bits per heavy atom. The van der Waals surface area contributed by atoms with Crippen molar-refractivity contribution in [3.8, 4) is 11.4 Å². The molecule has 3 aromatic rings. The lowest BCUT2D eigenvalue weighted by atomic mass is 10.2. The minimum absolute atomic E-state index is 0.577. The molecule has 0 aliphatic carbocycles. The zero-order valence-corrected chi connectivity index (χ0v) is 13.4. The molecule has 1 aliphatic heterocycles. The van der Waals surface area contributed by atoms with E-state index in [2.05, 4.69) is 9.88 Å². The van der Waals surface area contributed by atoms with E-state index in [4.69, 9.17) is 15.2 Å². The van der Waals surface area contributed by atoms with E-state index in [0.29, 0.717) is 6.73 Å². The van der Waals surface area contributed by atoms with E-state index in [1.54, 1.807) is 0 Å². The number of hydrogen-bond acceptors (Lipinski definition) is 5. The second-order valence-corrected chi connectivity index (χ2v) is 5.86. The van der Waals surface area contributed by atoms with Crippen LogP contribution in [-0.2, 0) is 4.74 Å². The highest BCUT2D eigenvalue weighted by Crippen LogP contribution is 2.23. The van der Waals surface area contributed by atoms with Gasteiger partial charge in [-0.3, -0.25) is 9.47 Å². The third kappa shape index (κ3) is 3.06. The van der Waals surface area contributed by atoms with Crippen LogP contribution in [0.4, 0.5) is 5.69 Å². The summed E-state index contributed by atoms with van der Waals surface area (Å²) in [4.78, 5) is 6.73. The zero-order chi connectivity index (χ0) is 16.4. The summed E-state index contributed by atoms with van der Waals surface area (Å²) < 4.78 is 13.3. The summed E-state index contributed by atoms with van der Waals surface area (Å²) >= 11 is 0. The van der Waals surface area contributed by atoms with Crippen molar-refractivity contribution in [2.24, 2.45) is 0 Å². The summed E-state index contributed by atoms with van der Waals surface area (Å²) in [5.41, 5.74) is 9.49. The maximum Gasteiger partial charge on any atom is 0.142 e. The molecule has 124 valence electrons. The Morgan fingerprint density at radius 1 is 1.08 bits per heavy atom. The Morgan fingerprint density at radius 2 is 1.88 bits per heavy atom. The number of rotatable bonds is 4. The molecule has 0 saturated carbocycles. The number of imidazole rings is 1. The Balaban J connectivity index is 1.53. The molecule has 1 saturated heterocycles. The van der Waals surface area contributed by atoms with Gasteiger partial charge in [0.1, 0.15) is 18.8 Å². The minimum Gasteiger partial charge on any atom is -0.478 e. The van der Waals surface area contributed by atoms with E-state index in [9.17, 15) is 0 Å². The number of nitrogens with two attached hydrogens (primary N) is 1. The van der Waals surface area contributed by atoms with E-state index < -0.39 is 0 Å². The highest BCUT2D eigenvalue weighted by molar-refractivity contribution is 5.79. The third-order valence-electron chi connectivity index (χ3n) is 4.21. The molecule has 0 spiro atoms. The van der Waals surface area contributed by atoms with Gasteiger partial charge in [0.25, 0.3) is 0 Å². The zero-order valence-electron chi connectivity index (χ0n) is 13.4. The van der Waals surface area contributed by atoms with Crippen LogP contribution in [0.5, 0.6) is 5.75 Å². The van der Waals surface area contributed by atoms with Crippen LogP contribution in [0.2, 0.25) is 0 Å². The number of anilines is 1. The summed E-state index contributed by atoms with van der Waals surface area (Å²) in [5.74, 6) is 0.830. The predicted octanol–water partition coefficient (Wildman–Crippen LogP) is 2.28. The molecular formula is C18H20N4O2. The summed E-state index contributed by atoms with van der Waals surface area (Å²) in [7, 11) is 0. The maximum absolute atomic E-state index is 5.89. The SMILES string of the molecule is Nc1ccc(-n2cnc3cc(OCN4CCOCC4)ccc32)cc1. The van der Waals surface area contributed by atoms with Crippen LogP contribution in [0.1, 0.15) is 0 Å². The molecule has 1 aliphatic rings. The van der Waals surface area contributed by atoms with Crippen LogP contribution in [0.15, 0.2) is 48.8 Å². The third-order valence-corrected chi connectivity index (χ3v) is 4.21. The lowest BCUT2D eigenvalue weighted by molar-refractivity contribution is 0.00410. The van der Waals surface area contributed by atoms with Crippen LogP contribution in [0, 0.1) is 0 Å². The minimum atomic E-state index is 0.577. The van der Waals surface area contributed by atoms with Crippen LogP contribution in [-0.4, -0.2) is 47.5 Å². The molecule has 1 aromatic heterocycles. The second kappa shape index (κ2) is 6.51. The molecule has 2 aromatic carbocycles. The molecule has 0 amide bonds. The second-order valence-electron chi connectivity index (χ2n) is 5.86. The number of hydrogen-bond donors (Lipinski definition) is 1. The number of benzene rings is 2. The predicted molar refractivity (Wildman–Crippen MR) is 93.4 cm³/mol. The number of fused-ring (bicyclic) bond motifs is 1.